The molecular weight excluding hydrogens is 408 g/mol. The van der Waals surface area contributed by atoms with E-state index in [4.69, 9.17) is 28.4 Å². The maximum atomic E-state index is 12.8. The fourth-order valence-electron chi connectivity index (χ4n) is 3.48. The molecule has 142 valence electrons. The second-order valence-corrected chi connectivity index (χ2v) is 8.38. The normalized spacial score (nSPS) is 37.0. The van der Waals surface area contributed by atoms with Gasteiger partial charge in [-0.25, -0.2) is 4.79 Å². The molecule has 0 aliphatic carbocycles. The van der Waals surface area contributed by atoms with Crippen molar-refractivity contribution in [3.63, 3.8) is 0 Å². The highest BCUT2D eigenvalue weighted by Gasteiger charge is 2.62. The van der Waals surface area contributed by atoms with Crippen molar-refractivity contribution in [2.24, 2.45) is 0 Å². The number of esters is 1. The van der Waals surface area contributed by atoms with Crippen LogP contribution in [0.5, 0.6) is 5.75 Å². The summed E-state index contributed by atoms with van der Waals surface area (Å²) in [5.74, 6) is -1.83. The third-order valence-electron chi connectivity index (χ3n) is 4.42. The zero-order chi connectivity index (χ0) is 18.7. The number of halogens is 1. The highest BCUT2D eigenvalue weighted by atomic mass is 79.9. The Bertz CT molecular complexity index is 702. The number of ether oxygens (including phenoxy) is 6. The summed E-state index contributed by atoms with van der Waals surface area (Å²) in [5, 5.41) is 0. The molecule has 4 rings (SSSR count). The van der Waals surface area contributed by atoms with Crippen LogP contribution in [0.3, 0.4) is 0 Å². The number of benzene rings is 1. The van der Waals surface area contributed by atoms with Gasteiger partial charge in [-0.2, -0.15) is 0 Å². The molecule has 0 radical (unpaired) electrons. The first-order valence-electron chi connectivity index (χ1n) is 8.48. The number of fused-ring (bicyclic) bond motifs is 3. The standard InChI is InChI=1S/C18H21BrO7/c1-17(2)23-11-12(24-17)14-16(26-18(3,4)25-14)22-13(11)15(20)21-10-7-5-9(19)6-8-10/h5-8,11-14,16H,1-4H3/t11-,12-,13+,14+,16+/m1/s1. The fourth-order valence-corrected chi connectivity index (χ4v) is 3.74. The average Bonchev–Trinajstić information content (AvgIpc) is 3.02. The molecule has 3 heterocycles. The van der Waals surface area contributed by atoms with E-state index in [2.05, 4.69) is 15.9 Å². The Labute approximate surface area is 160 Å². The average molecular weight is 429 g/mol. The van der Waals surface area contributed by atoms with Crippen molar-refractivity contribution in [3.05, 3.63) is 28.7 Å². The molecule has 3 fully saturated rings. The summed E-state index contributed by atoms with van der Waals surface area (Å²) in [5.41, 5.74) is 0. The topological polar surface area (TPSA) is 72.5 Å². The zero-order valence-corrected chi connectivity index (χ0v) is 16.5. The number of rotatable bonds is 2. The van der Waals surface area contributed by atoms with E-state index in [0.717, 1.165) is 4.47 Å². The molecule has 0 unspecified atom stereocenters. The molecule has 26 heavy (non-hydrogen) atoms. The molecule has 7 nitrogen and oxygen atoms in total. The maximum Gasteiger partial charge on any atom is 0.343 e. The van der Waals surface area contributed by atoms with E-state index < -0.39 is 48.2 Å². The number of hydrogen-bond acceptors (Lipinski definition) is 7. The van der Waals surface area contributed by atoms with Gasteiger partial charge in [-0.3, -0.25) is 0 Å². The van der Waals surface area contributed by atoms with Gasteiger partial charge in [0.25, 0.3) is 0 Å². The first kappa shape index (κ1) is 18.3. The van der Waals surface area contributed by atoms with Crippen LogP contribution in [0.1, 0.15) is 27.7 Å². The van der Waals surface area contributed by atoms with Crippen LogP contribution in [-0.2, 0) is 28.5 Å². The van der Waals surface area contributed by atoms with Gasteiger partial charge in [0.15, 0.2) is 24.0 Å². The molecule has 0 N–H and O–H groups in total. The molecular formula is C18H21BrO7. The summed E-state index contributed by atoms with van der Waals surface area (Å²) in [4.78, 5) is 12.8. The minimum Gasteiger partial charge on any atom is -0.425 e. The van der Waals surface area contributed by atoms with E-state index in [-0.39, 0.29) is 0 Å². The molecule has 8 heteroatoms. The smallest absolute Gasteiger partial charge is 0.343 e. The van der Waals surface area contributed by atoms with E-state index in [0.29, 0.717) is 5.75 Å². The van der Waals surface area contributed by atoms with E-state index >= 15 is 0 Å². The number of carbonyl (C=O) groups is 1. The largest absolute Gasteiger partial charge is 0.425 e. The minimum absolute atomic E-state index is 0.419. The molecule has 3 aliphatic rings. The molecule has 3 aliphatic heterocycles. The molecule has 0 bridgehead atoms. The van der Waals surface area contributed by atoms with Gasteiger partial charge in [-0.05, 0) is 52.0 Å². The monoisotopic (exact) mass is 428 g/mol. The fraction of sp³-hybridized carbons (Fsp3) is 0.611. The molecule has 0 aromatic heterocycles. The number of hydrogen-bond donors (Lipinski definition) is 0. The molecule has 1 aromatic carbocycles. The Morgan fingerprint density at radius 2 is 1.50 bits per heavy atom. The highest BCUT2D eigenvalue weighted by Crippen LogP contribution is 2.44. The molecule has 0 spiro atoms. The second kappa shape index (κ2) is 6.25. The lowest BCUT2D eigenvalue weighted by Crippen LogP contribution is -2.58. The van der Waals surface area contributed by atoms with Gasteiger partial charge in [0.05, 0.1) is 0 Å². The summed E-state index contributed by atoms with van der Waals surface area (Å²) in [7, 11) is 0. The molecule has 3 saturated heterocycles. The number of carbonyl (C=O) groups excluding carboxylic acids is 1. The first-order valence-corrected chi connectivity index (χ1v) is 9.27. The van der Waals surface area contributed by atoms with Crippen LogP contribution < -0.4 is 4.74 Å². The molecule has 1 aromatic rings. The lowest BCUT2D eigenvalue weighted by Gasteiger charge is -2.35. The maximum absolute atomic E-state index is 12.8. The Morgan fingerprint density at radius 1 is 0.923 bits per heavy atom. The van der Waals surface area contributed by atoms with Gasteiger partial charge in [-0.1, -0.05) is 15.9 Å². The minimum atomic E-state index is -0.982. The van der Waals surface area contributed by atoms with E-state index in [9.17, 15) is 4.79 Å². The van der Waals surface area contributed by atoms with Gasteiger partial charge in [0, 0.05) is 4.47 Å². The summed E-state index contributed by atoms with van der Waals surface area (Å²) in [6, 6.07) is 6.97. The Hall–Kier alpha value is -1.03. The van der Waals surface area contributed by atoms with E-state index in [1.54, 1.807) is 52.0 Å². The van der Waals surface area contributed by atoms with Crippen LogP contribution in [0.25, 0.3) is 0 Å². The van der Waals surface area contributed by atoms with Crippen LogP contribution in [0.2, 0.25) is 0 Å². The zero-order valence-electron chi connectivity index (χ0n) is 14.9. The third kappa shape index (κ3) is 3.42. The lowest BCUT2D eigenvalue weighted by atomic mass is 9.99. The highest BCUT2D eigenvalue weighted by molar-refractivity contribution is 9.10. The quantitative estimate of drug-likeness (QED) is 0.529. The predicted molar refractivity (Wildman–Crippen MR) is 92.3 cm³/mol. The van der Waals surface area contributed by atoms with Crippen molar-refractivity contribution >= 4 is 21.9 Å². The molecule has 5 atom stereocenters. The van der Waals surface area contributed by atoms with E-state index in [1.165, 1.54) is 0 Å². The Kier molecular flexibility index (Phi) is 4.41. The van der Waals surface area contributed by atoms with Crippen LogP contribution in [0.4, 0.5) is 0 Å². The van der Waals surface area contributed by atoms with Crippen molar-refractivity contribution in [2.75, 3.05) is 0 Å². The van der Waals surface area contributed by atoms with Gasteiger partial charge in [0.1, 0.15) is 24.1 Å². The Morgan fingerprint density at radius 3 is 2.19 bits per heavy atom. The van der Waals surface area contributed by atoms with Crippen molar-refractivity contribution in [3.8, 4) is 5.75 Å². The molecule has 0 amide bonds. The summed E-state index contributed by atoms with van der Waals surface area (Å²) in [6.07, 6.45) is -3.33. The van der Waals surface area contributed by atoms with Crippen molar-refractivity contribution in [1.29, 1.82) is 0 Å². The lowest BCUT2D eigenvalue weighted by molar-refractivity contribution is -0.236. The van der Waals surface area contributed by atoms with Crippen LogP contribution >= 0.6 is 15.9 Å². The van der Waals surface area contributed by atoms with Crippen LogP contribution in [0, 0.1) is 0 Å². The SMILES string of the molecule is CC1(C)O[C@@H]2O[C@H](C(=O)Oc3ccc(Br)cc3)[C@@H]3OC(C)(C)O[C@H]3[C@@H]2O1. The van der Waals surface area contributed by atoms with Gasteiger partial charge in [-0.15, -0.1) is 0 Å². The van der Waals surface area contributed by atoms with Crippen molar-refractivity contribution in [1.82, 2.24) is 0 Å². The van der Waals surface area contributed by atoms with Crippen molar-refractivity contribution < 1.29 is 33.2 Å². The van der Waals surface area contributed by atoms with E-state index in [1.807, 2.05) is 0 Å². The predicted octanol–water partition coefficient (Wildman–Crippen LogP) is 2.75. The summed E-state index contributed by atoms with van der Waals surface area (Å²) < 4.78 is 35.8. The van der Waals surface area contributed by atoms with Gasteiger partial charge in [0.2, 0.25) is 0 Å². The Balaban J connectivity index is 1.57. The second-order valence-electron chi connectivity index (χ2n) is 7.47. The summed E-state index contributed by atoms with van der Waals surface area (Å²) in [6.45, 7) is 7.16. The van der Waals surface area contributed by atoms with Gasteiger partial charge >= 0.3 is 5.97 Å². The summed E-state index contributed by atoms with van der Waals surface area (Å²) >= 11 is 3.35. The van der Waals surface area contributed by atoms with Crippen molar-refractivity contribution in [2.45, 2.75) is 70.0 Å². The first-order chi connectivity index (χ1) is 12.1. The van der Waals surface area contributed by atoms with Gasteiger partial charge < -0.3 is 28.4 Å². The third-order valence-corrected chi connectivity index (χ3v) is 4.95. The van der Waals surface area contributed by atoms with Crippen LogP contribution in [0.15, 0.2) is 28.7 Å². The molecule has 0 saturated carbocycles. The van der Waals surface area contributed by atoms with Crippen LogP contribution in [-0.4, -0.2) is 48.2 Å².